The van der Waals surface area contributed by atoms with Gasteiger partial charge in [-0.25, -0.2) is 8.78 Å². The summed E-state index contributed by atoms with van der Waals surface area (Å²) in [7, 11) is 1.58. The first-order valence-corrected chi connectivity index (χ1v) is 6.36. The van der Waals surface area contributed by atoms with Gasteiger partial charge in [-0.05, 0) is 24.1 Å². The molecule has 0 heterocycles. The predicted octanol–water partition coefficient (Wildman–Crippen LogP) is 2.38. The third-order valence-corrected chi connectivity index (χ3v) is 2.65. The summed E-state index contributed by atoms with van der Waals surface area (Å²) >= 11 is 0. The number of benzene rings is 1. The van der Waals surface area contributed by atoms with E-state index < -0.39 is 23.5 Å². The fourth-order valence-corrected chi connectivity index (χ4v) is 1.58. The van der Waals surface area contributed by atoms with Crippen LogP contribution in [0, 0.1) is 23.0 Å². The summed E-state index contributed by atoms with van der Waals surface area (Å²) in [6.07, 6.45) is -0.500. The monoisotopic (exact) mass is 284 g/mol. The molecule has 1 rings (SSSR count). The van der Waals surface area contributed by atoms with Crippen LogP contribution in [0.4, 0.5) is 8.78 Å². The van der Waals surface area contributed by atoms with Crippen LogP contribution in [-0.2, 0) is 11.3 Å². The first kappa shape index (κ1) is 16.3. The summed E-state index contributed by atoms with van der Waals surface area (Å²) in [5.74, 6) is -2.11. The second kappa shape index (κ2) is 8.46. The standard InChI is InChI=1S/C14H18F2N2O2/c1-3-11(8-17)20-14-12(15)6-10(7-13(14)16)9-18-4-5-19-2/h6-7,11,18H,3-5,9H2,1-2H3. The van der Waals surface area contributed by atoms with Gasteiger partial charge in [0.05, 0.1) is 6.61 Å². The van der Waals surface area contributed by atoms with Gasteiger partial charge in [-0.1, -0.05) is 6.92 Å². The molecule has 0 aliphatic carbocycles. The third kappa shape index (κ3) is 4.76. The quantitative estimate of drug-likeness (QED) is 0.745. The van der Waals surface area contributed by atoms with Crippen molar-refractivity contribution >= 4 is 0 Å². The largest absolute Gasteiger partial charge is 0.469 e. The van der Waals surface area contributed by atoms with E-state index in [1.54, 1.807) is 14.0 Å². The zero-order chi connectivity index (χ0) is 15.0. The molecular weight excluding hydrogens is 266 g/mol. The third-order valence-electron chi connectivity index (χ3n) is 2.65. The molecule has 0 fully saturated rings. The highest BCUT2D eigenvalue weighted by Crippen LogP contribution is 2.24. The van der Waals surface area contributed by atoms with Crippen LogP contribution in [0.5, 0.6) is 5.75 Å². The van der Waals surface area contributed by atoms with Gasteiger partial charge in [-0.3, -0.25) is 0 Å². The van der Waals surface area contributed by atoms with Crippen molar-refractivity contribution in [3.63, 3.8) is 0 Å². The number of rotatable bonds is 8. The van der Waals surface area contributed by atoms with E-state index in [-0.39, 0.29) is 0 Å². The lowest BCUT2D eigenvalue weighted by atomic mass is 10.2. The van der Waals surface area contributed by atoms with Crippen LogP contribution in [0.3, 0.4) is 0 Å². The number of hydrogen-bond acceptors (Lipinski definition) is 4. The Morgan fingerprint density at radius 3 is 2.50 bits per heavy atom. The average Bonchev–Trinajstić information content (AvgIpc) is 2.43. The summed E-state index contributed by atoms with van der Waals surface area (Å²) < 4.78 is 37.5. The van der Waals surface area contributed by atoms with Gasteiger partial charge in [0.2, 0.25) is 0 Å². The van der Waals surface area contributed by atoms with Crippen molar-refractivity contribution in [3.8, 4) is 11.8 Å². The number of hydrogen-bond donors (Lipinski definition) is 1. The van der Waals surface area contributed by atoms with Crippen LogP contribution in [0.25, 0.3) is 0 Å². The molecule has 0 radical (unpaired) electrons. The van der Waals surface area contributed by atoms with Crippen molar-refractivity contribution in [1.29, 1.82) is 5.26 Å². The van der Waals surface area contributed by atoms with E-state index in [0.29, 0.717) is 31.7 Å². The minimum absolute atomic E-state index is 0.326. The summed E-state index contributed by atoms with van der Waals surface area (Å²) in [4.78, 5) is 0. The maximum Gasteiger partial charge on any atom is 0.192 e. The minimum Gasteiger partial charge on any atom is -0.469 e. The molecule has 1 atom stereocenters. The van der Waals surface area contributed by atoms with Crippen molar-refractivity contribution in [2.45, 2.75) is 26.0 Å². The number of methoxy groups -OCH3 is 1. The van der Waals surface area contributed by atoms with E-state index in [2.05, 4.69) is 5.32 Å². The van der Waals surface area contributed by atoms with Gasteiger partial charge in [0.25, 0.3) is 0 Å². The minimum atomic E-state index is -0.857. The van der Waals surface area contributed by atoms with E-state index in [9.17, 15) is 8.78 Å². The molecule has 1 aromatic rings. The average molecular weight is 284 g/mol. The van der Waals surface area contributed by atoms with E-state index in [0.717, 1.165) is 0 Å². The molecule has 0 aromatic heterocycles. The Morgan fingerprint density at radius 1 is 1.35 bits per heavy atom. The fourth-order valence-electron chi connectivity index (χ4n) is 1.58. The Balaban J connectivity index is 2.73. The van der Waals surface area contributed by atoms with E-state index in [1.165, 1.54) is 12.1 Å². The van der Waals surface area contributed by atoms with Crippen LogP contribution in [0.15, 0.2) is 12.1 Å². The summed E-state index contributed by atoms with van der Waals surface area (Å²) in [5, 5.41) is 11.7. The zero-order valence-electron chi connectivity index (χ0n) is 11.6. The fraction of sp³-hybridized carbons (Fsp3) is 0.500. The van der Waals surface area contributed by atoms with E-state index >= 15 is 0 Å². The molecule has 4 nitrogen and oxygen atoms in total. The smallest absolute Gasteiger partial charge is 0.192 e. The first-order chi connectivity index (χ1) is 9.62. The molecule has 6 heteroatoms. The lowest BCUT2D eigenvalue weighted by Crippen LogP contribution is -2.19. The molecule has 0 saturated carbocycles. The van der Waals surface area contributed by atoms with Crippen molar-refractivity contribution in [3.05, 3.63) is 29.3 Å². The van der Waals surface area contributed by atoms with Gasteiger partial charge in [-0.2, -0.15) is 5.26 Å². The molecular formula is C14H18F2N2O2. The number of nitrogens with one attached hydrogen (secondary N) is 1. The molecule has 0 aliphatic heterocycles. The molecule has 0 aliphatic rings. The number of nitriles is 1. The molecule has 0 amide bonds. The second-order valence-electron chi connectivity index (χ2n) is 4.20. The molecule has 1 aromatic carbocycles. The SMILES string of the molecule is CCC(C#N)Oc1c(F)cc(CNCCOC)cc1F. The molecule has 1 N–H and O–H groups in total. The van der Waals surface area contributed by atoms with Crippen LogP contribution in [0.1, 0.15) is 18.9 Å². The van der Waals surface area contributed by atoms with E-state index in [4.69, 9.17) is 14.7 Å². The molecule has 1 unspecified atom stereocenters. The summed E-state index contributed by atoms with van der Waals surface area (Å²) in [6.45, 7) is 3.14. The Kier molecular flexibility index (Phi) is 6.91. The molecule has 110 valence electrons. The van der Waals surface area contributed by atoms with Crippen LogP contribution >= 0.6 is 0 Å². The highest BCUT2D eigenvalue weighted by Gasteiger charge is 2.16. The molecule has 20 heavy (non-hydrogen) atoms. The Bertz CT molecular complexity index is 452. The normalized spacial score (nSPS) is 11.9. The van der Waals surface area contributed by atoms with Gasteiger partial charge in [0, 0.05) is 20.2 Å². The van der Waals surface area contributed by atoms with Crippen LogP contribution in [0.2, 0.25) is 0 Å². The predicted molar refractivity (Wildman–Crippen MR) is 70.3 cm³/mol. The molecule has 0 bridgehead atoms. The second-order valence-corrected chi connectivity index (χ2v) is 4.20. The summed E-state index contributed by atoms with van der Waals surface area (Å²) in [6, 6.07) is 4.23. The van der Waals surface area contributed by atoms with Crippen LogP contribution < -0.4 is 10.1 Å². The van der Waals surface area contributed by atoms with Gasteiger partial charge in [-0.15, -0.1) is 0 Å². The zero-order valence-corrected chi connectivity index (χ0v) is 11.6. The number of nitrogens with zero attached hydrogens (tertiary/aromatic N) is 1. The lowest BCUT2D eigenvalue weighted by Gasteiger charge is -2.13. The van der Waals surface area contributed by atoms with E-state index in [1.807, 2.05) is 6.07 Å². The topological polar surface area (TPSA) is 54.3 Å². The van der Waals surface area contributed by atoms with Crippen molar-refractivity contribution in [2.75, 3.05) is 20.3 Å². The Labute approximate surface area is 117 Å². The first-order valence-electron chi connectivity index (χ1n) is 6.36. The molecule has 0 saturated heterocycles. The number of ether oxygens (including phenoxy) is 2. The highest BCUT2D eigenvalue weighted by atomic mass is 19.1. The van der Waals surface area contributed by atoms with Gasteiger partial charge in [0.1, 0.15) is 6.07 Å². The maximum absolute atomic E-state index is 13.8. The molecule has 0 spiro atoms. The summed E-state index contributed by atoms with van der Waals surface area (Å²) in [5.41, 5.74) is 0.466. The highest BCUT2D eigenvalue weighted by molar-refractivity contribution is 5.32. The number of halogens is 2. The van der Waals surface area contributed by atoms with Crippen molar-refractivity contribution in [2.24, 2.45) is 0 Å². The maximum atomic E-state index is 13.8. The van der Waals surface area contributed by atoms with Gasteiger partial charge in [0.15, 0.2) is 23.5 Å². The van der Waals surface area contributed by atoms with Crippen LogP contribution in [-0.4, -0.2) is 26.4 Å². The van der Waals surface area contributed by atoms with Crippen molar-refractivity contribution in [1.82, 2.24) is 5.32 Å². The Morgan fingerprint density at radius 2 is 2.00 bits per heavy atom. The van der Waals surface area contributed by atoms with Gasteiger partial charge >= 0.3 is 0 Å². The lowest BCUT2D eigenvalue weighted by molar-refractivity contribution is 0.199. The Hall–Kier alpha value is -1.71. The van der Waals surface area contributed by atoms with Gasteiger partial charge < -0.3 is 14.8 Å². The van der Waals surface area contributed by atoms with Crippen molar-refractivity contribution < 1.29 is 18.3 Å².